The number of rotatable bonds is 4. The monoisotopic (exact) mass is 272 g/mol. The van der Waals surface area contributed by atoms with Gasteiger partial charge in [0.15, 0.2) is 0 Å². The Balaban J connectivity index is 1.69. The molecule has 1 aliphatic heterocycles. The van der Waals surface area contributed by atoms with Crippen LogP contribution in [0.5, 0.6) is 0 Å². The molecule has 0 bridgehead atoms. The lowest BCUT2D eigenvalue weighted by Gasteiger charge is -2.29. The molecule has 2 N–H and O–H groups in total. The molecule has 104 valence electrons. The molecule has 3 atom stereocenters. The van der Waals surface area contributed by atoms with Crippen molar-refractivity contribution in [3.8, 4) is 0 Å². The molecule has 1 saturated carbocycles. The van der Waals surface area contributed by atoms with E-state index < -0.39 is 0 Å². The Kier molecular flexibility index (Phi) is 5.79. The molecule has 0 aromatic heterocycles. The van der Waals surface area contributed by atoms with Gasteiger partial charge in [-0.15, -0.1) is 0 Å². The maximum absolute atomic E-state index is 12.0. The summed E-state index contributed by atoms with van der Waals surface area (Å²) in [5.41, 5.74) is 0. The molecule has 5 heteroatoms. The van der Waals surface area contributed by atoms with Crippen molar-refractivity contribution in [2.75, 3.05) is 26.0 Å². The van der Waals surface area contributed by atoms with E-state index in [2.05, 4.69) is 16.9 Å². The first-order chi connectivity index (χ1) is 8.78. The molecule has 0 aromatic rings. The van der Waals surface area contributed by atoms with Crippen LogP contribution in [0.2, 0.25) is 0 Å². The molecule has 1 aliphatic carbocycles. The number of nitrogens with one attached hydrogen (secondary N) is 2. The number of hydrogen-bond donors (Lipinski definition) is 2. The second-order valence-corrected chi connectivity index (χ2v) is 6.36. The maximum Gasteiger partial charge on any atom is 0.221 e. The minimum Gasteiger partial charge on any atom is -0.378 e. The summed E-state index contributed by atoms with van der Waals surface area (Å²) < 4.78 is 5.36. The fraction of sp³-hybridized carbons (Fsp3) is 0.923. The molecule has 0 radical (unpaired) electrons. The third kappa shape index (κ3) is 4.44. The highest BCUT2D eigenvalue weighted by atomic mass is 32.2. The Labute approximate surface area is 114 Å². The summed E-state index contributed by atoms with van der Waals surface area (Å²) in [6.07, 6.45) is 7.50. The van der Waals surface area contributed by atoms with Crippen LogP contribution in [0.15, 0.2) is 0 Å². The van der Waals surface area contributed by atoms with Gasteiger partial charge in [0.25, 0.3) is 0 Å². The van der Waals surface area contributed by atoms with Crippen LogP contribution >= 0.6 is 11.8 Å². The Morgan fingerprint density at radius 3 is 3.11 bits per heavy atom. The fourth-order valence-corrected chi connectivity index (χ4v) is 3.58. The lowest BCUT2D eigenvalue weighted by Crippen LogP contribution is -2.46. The lowest BCUT2D eigenvalue weighted by molar-refractivity contribution is -0.123. The minimum atomic E-state index is 0.171. The van der Waals surface area contributed by atoms with Crippen LogP contribution in [-0.4, -0.2) is 49.3 Å². The molecule has 1 heterocycles. The van der Waals surface area contributed by atoms with Gasteiger partial charge >= 0.3 is 0 Å². The third-order valence-electron chi connectivity index (χ3n) is 3.75. The molecular weight excluding hydrogens is 248 g/mol. The number of carbonyl (C=O) groups is 1. The topological polar surface area (TPSA) is 50.4 Å². The van der Waals surface area contributed by atoms with Crippen molar-refractivity contribution in [2.24, 2.45) is 0 Å². The normalized spacial score (nSPS) is 33.1. The molecule has 4 nitrogen and oxygen atoms in total. The summed E-state index contributed by atoms with van der Waals surface area (Å²) >= 11 is 1.93. The van der Waals surface area contributed by atoms with E-state index in [-0.39, 0.29) is 11.9 Å². The van der Waals surface area contributed by atoms with Crippen LogP contribution in [0.4, 0.5) is 0 Å². The molecule has 0 spiro atoms. The Hall–Kier alpha value is -0.260. The molecule has 2 rings (SSSR count). The largest absolute Gasteiger partial charge is 0.378 e. The second kappa shape index (κ2) is 7.36. The van der Waals surface area contributed by atoms with Gasteiger partial charge in [0.2, 0.25) is 5.91 Å². The van der Waals surface area contributed by atoms with E-state index in [0.29, 0.717) is 19.1 Å². The van der Waals surface area contributed by atoms with Crippen molar-refractivity contribution in [3.63, 3.8) is 0 Å². The lowest BCUT2D eigenvalue weighted by atomic mass is 9.94. The first kappa shape index (κ1) is 14.2. The van der Waals surface area contributed by atoms with Gasteiger partial charge in [-0.1, -0.05) is 6.42 Å². The Bertz CT molecular complexity index is 270. The van der Waals surface area contributed by atoms with Gasteiger partial charge in [0.05, 0.1) is 13.2 Å². The summed E-state index contributed by atoms with van der Waals surface area (Å²) in [6, 6.07) is 0.576. The number of thioether (sulfide) groups is 1. The van der Waals surface area contributed by atoms with Crippen LogP contribution in [-0.2, 0) is 9.53 Å². The number of carbonyl (C=O) groups excluding carboxylic acids is 1. The summed E-state index contributed by atoms with van der Waals surface area (Å²) in [5.74, 6) is 0.171. The molecule has 2 fully saturated rings. The van der Waals surface area contributed by atoms with Crippen molar-refractivity contribution in [2.45, 2.75) is 49.4 Å². The highest BCUT2D eigenvalue weighted by Gasteiger charge is 2.24. The van der Waals surface area contributed by atoms with Crippen molar-refractivity contribution in [1.82, 2.24) is 10.6 Å². The predicted octanol–water partition coefficient (Wildman–Crippen LogP) is 1.16. The Morgan fingerprint density at radius 1 is 1.50 bits per heavy atom. The minimum absolute atomic E-state index is 0.171. The van der Waals surface area contributed by atoms with Crippen molar-refractivity contribution >= 4 is 17.7 Å². The number of morpholine rings is 1. The smallest absolute Gasteiger partial charge is 0.221 e. The second-order valence-electron chi connectivity index (χ2n) is 5.22. The number of hydrogen-bond acceptors (Lipinski definition) is 4. The fourth-order valence-electron chi connectivity index (χ4n) is 2.75. The van der Waals surface area contributed by atoms with Gasteiger partial charge in [0.1, 0.15) is 0 Å². The van der Waals surface area contributed by atoms with Gasteiger partial charge in [-0.25, -0.2) is 0 Å². The van der Waals surface area contributed by atoms with E-state index in [0.717, 1.165) is 31.2 Å². The quantitative estimate of drug-likeness (QED) is 0.806. The summed E-state index contributed by atoms with van der Waals surface area (Å²) in [6.45, 7) is 2.28. The zero-order valence-electron chi connectivity index (χ0n) is 11.1. The van der Waals surface area contributed by atoms with Crippen LogP contribution in [0.3, 0.4) is 0 Å². The van der Waals surface area contributed by atoms with E-state index in [9.17, 15) is 4.79 Å². The summed E-state index contributed by atoms with van der Waals surface area (Å²) in [7, 11) is 0. The molecule has 1 amide bonds. The first-order valence-corrected chi connectivity index (χ1v) is 8.20. The van der Waals surface area contributed by atoms with Crippen LogP contribution < -0.4 is 10.6 Å². The maximum atomic E-state index is 12.0. The van der Waals surface area contributed by atoms with E-state index in [1.807, 2.05) is 11.8 Å². The van der Waals surface area contributed by atoms with Gasteiger partial charge in [-0.3, -0.25) is 4.79 Å². The number of amides is 1. The summed E-state index contributed by atoms with van der Waals surface area (Å²) in [5, 5.41) is 7.22. The van der Waals surface area contributed by atoms with E-state index >= 15 is 0 Å². The molecule has 3 unspecified atom stereocenters. The van der Waals surface area contributed by atoms with Crippen LogP contribution in [0.1, 0.15) is 32.1 Å². The standard InChI is InChI=1S/C13H24N2O2S/c1-18-12-4-2-3-10(7-12)15-13(16)8-11-9-17-6-5-14-11/h10-12,14H,2-9H2,1H3,(H,15,16). The zero-order valence-corrected chi connectivity index (χ0v) is 11.9. The molecule has 1 saturated heterocycles. The van der Waals surface area contributed by atoms with E-state index in [1.165, 1.54) is 12.8 Å². The summed E-state index contributed by atoms with van der Waals surface area (Å²) in [4.78, 5) is 12.0. The van der Waals surface area contributed by atoms with Crippen molar-refractivity contribution in [1.29, 1.82) is 0 Å². The zero-order chi connectivity index (χ0) is 12.8. The highest BCUT2D eigenvalue weighted by Crippen LogP contribution is 2.26. The van der Waals surface area contributed by atoms with Crippen molar-refractivity contribution in [3.05, 3.63) is 0 Å². The molecule has 18 heavy (non-hydrogen) atoms. The third-order valence-corrected chi connectivity index (χ3v) is 4.85. The van der Waals surface area contributed by atoms with Gasteiger partial charge in [0, 0.05) is 30.3 Å². The molecule has 0 aromatic carbocycles. The van der Waals surface area contributed by atoms with E-state index in [4.69, 9.17) is 4.74 Å². The van der Waals surface area contributed by atoms with Crippen LogP contribution in [0.25, 0.3) is 0 Å². The van der Waals surface area contributed by atoms with Crippen molar-refractivity contribution < 1.29 is 9.53 Å². The van der Waals surface area contributed by atoms with Gasteiger partial charge in [-0.05, 0) is 25.5 Å². The molecule has 2 aliphatic rings. The van der Waals surface area contributed by atoms with Gasteiger partial charge in [-0.2, -0.15) is 11.8 Å². The number of ether oxygens (including phenoxy) is 1. The van der Waals surface area contributed by atoms with Gasteiger partial charge < -0.3 is 15.4 Å². The average molecular weight is 272 g/mol. The Morgan fingerprint density at radius 2 is 2.39 bits per heavy atom. The predicted molar refractivity (Wildman–Crippen MR) is 74.9 cm³/mol. The average Bonchev–Trinajstić information content (AvgIpc) is 2.40. The van der Waals surface area contributed by atoms with Crippen LogP contribution in [0, 0.1) is 0 Å². The van der Waals surface area contributed by atoms with E-state index in [1.54, 1.807) is 0 Å². The first-order valence-electron chi connectivity index (χ1n) is 6.91. The highest BCUT2D eigenvalue weighted by molar-refractivity contribution is 7.99. The molecular formula is C13H24N2O2S. The SMILES string of the molecule is CSC1CCCC(NC(=O)CC2COCCN2)C1.